The van der Waals surface area contributed by atoms with Crippen molar-refractivity contribution in [1.82, 2.24) is 0 Å². The van der Waals surface area contributed by atoms with Gasteiger partial charge in [-0.1, -0.05) is 0 Å². The van der Waals surface area contributed by atoms with Gasteiger partial charge in [-0.3, -0.25) is 0 Å². The van der Waals surface area contributed by atoms with E-state index in [9.17, 15) is 35.1 Å². The van der Waals surface area contributed by atoms with Crippen LogP contribution in [0.1, 0.15) is 0 Å². The first kappa shape index (κ1) is 16.3. The van der Waals surface area contributed by atoms with Gasteiger partial charge in [0.05, 0.1) is 0 Å². The van der Waals surface area contributed by atoms with Gasteiger partial charge in [-0.2, -0.15) is 0 Å². The van der Waals surface area contributed by atoms with Gasteiger partial charge in [0, 0.05) is 15.8 Å². The van der Waals surface area contributed by atoms with E-state index in [4.69, 9.17) is 0 Å². The average molecular weight is 294 g/mol. The molecule has 0 aliphatic carbocycles. The predicted octanol–water partition coefficient (Wildman–Crippen LogP) is 4.84. The first-order valence-corrected chi connectivity index (χ1v) is 7.24. The maximum absolute atomic E-state index is 12.0. The topological polar surface area (TPSA) is 0 Å². The smallest absolute Gasteiger partial charge is 0.205 e. The van der Waals surface area contributed by atoms with E-state index in [0.717, 1.165) is 0 Å². The minimum Gasteiger partial charge on any atom is -0.205 e. The Morgan fingerprint density at radius 3 is 0.812 bits per heavy atom. The van der Waals surface area contributed by atoms with Crippen LogP contribution in [-0.4, -0.2) is 37.0 Å². The largest absolute Gasteiger partial charge is 0.260 e. The molecule has 0 aromatic heterocycles. The van der Waals surface area contributed by atoms with Crippen molar-refractivity contribution in [1.29, 1.82) is 0 Å². The van der Waals surface area contributed by atoms with Crippen LogP contribution < -0.4 is 0 Å². The van der Waals surface area contributed by atoms with E-state index in [1.165, 1.54) is 0 Å². The molecule has 0 aliphatic rings. The summed E-state index contributed by atoms with van der Waals surface area (Å²) in [5, 5.41) is 0. The molecule has 0 spiro atoms. The summed E-state index contributed by atoms with van der Waals surface area (Å²) >= 11 is 0. The molecule has 0 N–H and O–H groups in total. The minimum absolute atomic E-state index is 0.953. The van der Waals surface area contributed by atoms with Crippen LogP contribution >= 0.6 is 15.8 Å². The number of halogens is 8. The SMILES string of the molecule is FC(F)P(CCP(C(F)F)C(F)F)C(F)F. The molecular weight excluding hydrogens is 286 g/mol. The van der Waals surface area contributed by atoms with Crippen LogP contribution in [0.4, 0.5) is 35.1 Å². The quantitative estimate of drug-likeness (QED) is 0.465. The zero-order valence-corrected chi connectivity index (χ0v) is 9.43. The second-order valence-electron chi connectivity index (χ2n) is 2.59. The second-order valence-corrected chi connectivity index (χ2v) is 7.10. The van der Waals surface area contributed by atoms with E-state index < -0.39 is 52.8 Å². The lowest BCUT2D eigenvalue weighted by molar-refractivity contribution is 0.200. The summed E-state index contributed by atoms with van der Waals surface area (Å²) in [7, 11) is -6.16. The van der Waals surface area contributed by atoms with Crippen molar-refractivity contribution in [2.75, 3.05) is 12.3 Å². The lowest BCUT2D eigenvalue weighted by Crippen LogP contribution is -2.09. The third kappa shape index (κ3) is 5.58. The summed E-state index contributed by atoms with van der Waals surface area (Å²) in [5.74, 6) is 0. The molecule has 0 amide bonds. The van der Waals surface area contributed by atoms with Gasteiger partial charge in [-0.05, 0) is 12.3 Å². The fourth-order valence-electron chi connectivity index (χ4n) is 0.792. The van der Waals surface area contributed by atoms with E-state index in [1.807, 2.05) is 0 Å². The van der Waals surface area contributed by atoms with Gasteiger partial charge in [0.2, 0.25) is 0 Å². The van der Waals surface area contributed by atoms with E-state index in [2.05, 4.69) is 0 Å². The fourth-order valence-corrected chi connectivity index (χ4v) is 3.76. The van der Waals surface area contributed by atoms with Gasteiger partial charge in [-0.25, -0.2) is 35.1 Å². The Morgan fingerprint density at radius 2 is 0.688 bits per heavy atom. The maximum Gasteiger partial charge on any atom is 0.260 e. The summed E-state index contributed by atoms with van der Waals surface area (Å²) in [6.07, 6.45) is -15.2. The summed E-state index contributed by atoms with van der Waals surface area (Å²) < 4.78 is 95.9. The molecule has 0 bridgehead atoms. The molecule has 0 rings (SSSR count). The Bertz CT molecular complexity index is 151. The lowest BCUT2D eigenvalue weighted by Gasteiger charge is -2.19. The molecule has 0 aromatic carbocycles. The van der Waals surface area contributed by atoms with Gasteiger partial charge >= 0.3 is 0 Å². The fraction of sp³-hybridized carbons (Fsp3) is 1.00. The minimum atomic E-state index is -3.33. The molecule has 0 heterocycles. The number of alkyl halides is 8. The molecule has 0 fully saturated rings. The number of hydrogen-bond donors (Lipinski definition) is 0. The van der Waals surface area contributed by atoms with Gasteiger partial charge in [-0.15, -0.1) is 0 Å². The highest BCUT2D eigenvalue weighted by Crippen LogP contribution is 2.55. The summed E-state index contributed by atoms with van der Waals surface area (Å²) in [5.41, 5.74) is 0. The van der Waals surface area contributed by atoms with Gasteiger partial charge < -0.3 is 0 Å². The Kier molecular flexibility index (Phi) is 7.73. The monoisotopic (exact) mass is 294 g/mol. The highest BCUT2D eigenvalue weighted by Gasteiger charge is 2.34. The summed E-state index contributed by atoms with van der Waals surface area (Å²) in [6, 6.07) is 0. The van der Waals surface area contributed by atoms with Crippen molar-refractivity contribution < 1.29 is 35.1 Å². The van der Waals surface area contributed by atoms with Gasteiger partial charge in [0.25, 0.3) is 24.7 Å². The Morgan fingerprint density at radius 1 is 0.500 bits per heavy atom. The second kappa shape index (κ2) is 7.59. The van der Waals surface area contributed by atoms with Crippen LogP contribution in [0.15, 0.2) is 0 Å². The van der Waals surface area contributed by atoms with Crippen LogP contribution in [0.3, 0.4) is 0 Å². The van der Waals surface area contributed by atoms with Crippen molar-refractivity contribution >= 4 is 15.8 Å². The Balaban J connectivity index is 4.27. The molecule has 0 unspecified atom stereocenters. The standard InChI is InChI=1S/C6H8F8P2/c7-3(8)15(4(9)10)1-2-16(5(11)12)6(13)14/h3-6H,1-2H2. The van der Waals surface area contributed by atoms with E-state index in [0.29, 0.717) is 0 Å². The molecule has 0 atom stereocenters. The molecule has 0 aliphatic heterocycles. The molecule has 0 nitrogen and oxygen atoms in total. The van der Waals surface area contributed by atoms with Crippen molar-refractivity contribution in [3.8, 4) is 0 Å². The third-order valence-corrected chi connectivity index (χ3v) is 5.46. The van der Waals surface area contributed by atoms with Crippen molar-refractivity contribution in [2.24, 2.45) is 0 Å². The van der Waals surface area contributed by atoms with E-state index >= 15 is 0 Å². The van der Waals surface area contributed by atoms with Crippen LogP contribution in [0.2, 0.25) is 0 Å². The normalized spacial score (nSPS) is 13.1. The summed E-state index contributed by atoms with van der Waals surface area (Å²) in [4.78, 5) is 0. The van der Waals surface area contributed by atoms with Crippen molar-refractivity contribution in [2.45, 2.75) is 24.7 Å². The molecule has 0 radical (unpaired) electrons. The number of hydrogen-bond acceptors (Lipinski definition) is 0. The average Bonchev–Trinajstić information content (AvgIpc) is 2.09. The van der Waals surface area contributed by atoms with Gasteiger partial charge in [0.15, 0.2) is 0 Å². The zero-order chi connectivity index (χ0) is 12.9. The molecule has 0 saturated heterocycles. The lowest BCUT2D eigenvalue weighted by atomic mass is 11.0. The molecule has 98 valence electrons. The van der Waals surface area contributed by atoms with Crippen LogP contribution in [0.5, 0.6) is 0 Å². The number of rotatable bonds is 7. The molecule has 0 saturated carbocycles. The predicted molar refractivity (Wildman–Crippen MR) is 47.6 cm³/mol. The first-order valence-electron chi connectivity index (χ1n) is 3.91. The Hall–Kier alpha value is 0.300. The zero-order valence-electron chi connectivity index (χ0n) is 7.64. The van der Waals surface area contributed by atoms with Gasteiger partial charge in [0.1, 0.15) is 0 Å². The highest BCUT2D eigenvalue weighted by atomic mass is 31.1. The Labute approximate surface area is 88.9 Å². The summed E-state index contributed by atoms with van der Waals surface area (Å²) in [6.45, 7) is 0. The molecule has 10 heteroatoms. The van der Waals surface area contributed by atoms with Crippen LogP contribution in [-0.2, 0) is 0 Å². The van der Waals surface area contributed by atoms with Crippen molar-refractivity contribution in [3.05, 3.63) is 0 Å². The first-order chi connectivity index (χ1) is 7.27. The highest BCUT2D eigenvalue weighted by molar-refractivity contribution is 7.62. The van der Waals surface area contributed by atoms with E-state index in [-0.39, 0.29) is 0 Å². The maximum atomic E-state index is 12.0. The molecular formula is C6H8F8P2. The van der Waals surface area contributed by atoms with Crippen LogP contribution in [0, 0.1) is 0 Å². The van der Waals surface area contributed by atoms with Crippen LogP contribution in [0.25, 0.3) is 0 Å². The van der Waals surface area contributed by atoms with E-state index in [1.54, 1.807) is 0 Å². The third-order valence-electron chi connectivity index (χ3n) is 1.62. The molecule has 16 heavy (non-hydrogen) atoms. The van der Waals surface area contributed by atoms with Crippen molar-refractivity contribution in [3.63, 3.8) is 0 Å². The molecule has 0 aromatic rings.